The second kappa shape index (κ2) is 7.82. The fourth-order valence-electron chi connectivity index (χ4n) is 3.31. The van der Waals surface area contributed by atoms with Crippen molar-refractivity contribution in [2.24, 2.45) is 5.92 Å². The van der Waals surface area contributed by atoms with Crippen LogP contribution < -0.4 is 5.32 Å². The molecule has 8 heteroatoms. The van der Waals surface area contributed by atoms with Crippen molar-refractivity contribution in [3.63, 3.8) is 0 Å². The van der Waals surface area contributed by atoms with Crippen LogP contribution in [0.1, 0.15) is 52.4 Å². The van der Waals surface area contributed by atoms with E-state index in [0.717, 1.165) is 36.4 Å². The van der Waals surface area contributed by atoms with Gasteiger partial charge in [-0.05, 0) is 46.0 Å². The predicted octanol–water partition coefficient (Wildman–Crippen LogP) is 3.16. The maximum absolute atomic E-state index is 12.5. The normalized spacial score (nSPS) is 24.5. The van der Waals surface area contributed by atoms with Crippen molar-refractivity contribution < 1.29 is 9.59 Å². The molecule has 3 rings (SSSR count). The van der Waals surface area contributed by atoms with Gasteiger partial charge in [-0.1, -0.05) is 29.5 Å². The number of aromatic nitrogens is 2. The van der Waals surface area contributed by atoms with E-state index < -0.39 is 0 Å². The molecule has 1 N–H and O–H groups in total. The third-order valence-electron chi connectivity index (χ3n) is 4.91. The van der Waals surface area contributed by atoms with Crippen LogP contribution in [0.15, 0.2) is 4.34 Å². The van der Waals surface area contributed by atoms with E-state index in [1.165, 1.54) is 29.5 Å². The van der Waals surface area contributed by atoms with Gasteiger partial charge in [0.1, 0.15) is 0 Å². The van der Waals surface area contributed by atoms with Crippen LogP contribution in [-0.4, -0.2) is 44.7 Å². The first-order chi connectivity index (χ1) is 11.5. The van der Waals surface area contributed by atoms with Crippen LogP contribution in [0, 0.1) is 5.92 Å². The van der Waals surface area contributed by atoms with E-state index in [-0.39, 0.29) is 17.7 Å². The summed E-state index contributed by atoms with van der Waals surface area (Å²) in [5.41, 5.74) is 0. The number of hydrogen-bond donors (Lipinski definition) is 1. The summed E-state index contributed by atoms with van der Waals surface area (Å²) in [6.07, 6.45) is 6.41. The number of nitrogens with zero attached hydrogens (tertiary/aromatic N) is 3. The largest absolute Gasteiger partial charge is 0.337 e. The molecule has 1 aliphatic carbocycles. The Bertz CT molecular complexity index is 593. The van der Waals surface area contributed by atoms with Crippen LogP contribution in [0.4, 0.5) is 5.13 Å². The molecule has 1 aliphatic heterocycles. The topological polar surface area (TPSA) is 75.2 Å². The van der Waals surface area contributed by atoms with E-state index >= 15 is 0 Å². The highest BCUT2D eigenvalue weighted by Crippen LogP contribution is 2.30. The number of carbonyl (C=O) groups is 2. The lowest BCUT2D eigenvalue weighted by Gasteiger charge is -2.39. The summed E-state index contributed by atoms with van der Waals surface area (Å²) in [6, 6.07) is 0.627. The van der Waals surface area contributed by atoms with Crippen molar-refractivity contribution in [1.29, 1.82) is 0 Å². The summed E-state index contributed by atoms with van der Waals surface area (Å²) in [5, 5.41) is 11.4. The number of rotatable bonds is 5. The smallest absolute Gasteiger partial charge is 0.233 e. The van der Waals surface area contributed by atoms with Crippen molar-refractivity contribution >= 4 is 40.0 Å². The molecule has 2 aliphatic rings. The highest BCUT2D eigenvalue weighted by molar-refractivity contribution is 8.01. The summed E-state index contributed by atoms with van der Waals surface area (Å²) in [7, 11) is 0. The van der Waals surface area contributed by atoms with Gasteiger partial charge >= 0.3 is 0 Å². The molecule has 1 aromatic heterocycles. The van der Waals surface area contributed by atoms with Crippen LogP contribution in [0.25, 0.3) is 0 Å². The summed E-state index contributed by atoms with van der Waals surface area (Å²) < 4.78 is 0.726. The minimum atomic E-state index is 0.0426. The molecule has 24 heavy (non-hydrogen) atoms. The van der Waals surface area contributed by atoms with Crippen LogP contribution in [-0.2, 0) is 9.59 Å². The molecule has 6 nitrogen and oxygen atoms in total. The van der Waals surface area contributed by atoms with Gasteiger partial charge in [-0.3, -0.25) is 9.59 Å². The van der Waals surface area contributed by atoms with Gasteiger partial charge in [0.15, 0.2) is 4.34 Å². The number of nitrogens with one attached hydrogen (secondary N) is 1. The Hall–Kier alpha value is -1.15. The number of likely N-dealkylation sites (tertiary alicyclic amines) is 1. The molecule has 0 unspecified atom stereocenters. The Morgan fingerprint density at radius 1 is 1.17 bits per heavy atom. The van der Waals surface area contributed by atoms with Gasteiger partial charge in [-0.2, -0.15) is 0 Å². The first kappa shape index (κ1) is 17.7. The Labute approximate surface area is 150 Å². The van der Waals surface area contributed by atoms with Crippen LogP contribution in [0.2, 0.25) is 0 Å². The first-order valence-electron chi connectivity index (χ1n) is 8.63. The lowest BCUT2D eigenvalue weighted by Crippen LogP contribution is -2.48. The SMILES string of the molecule is C[C@H]1CCC[C@H](C)N1C(=O)CSc1nnc(NC(=O)C2CCC2)s1. The summed E-state index contributed by atoms with van der Waals surface area (Å²) >= 11 is 2.75. The number of anilines is 1. The highest BCUT2D eigenvalue weighted by atomic mass is 32.2. The van der Waals surface area contributed by atoms with Gasteiger partial charge in [0.05, 0.1) is 5.75 Å². The lowest BCUT2D eigenvalue weighted by atomic mass is 9.85. The third kappa shape index (κ3) is 4.08. The molecule has 0 aromatic carbocycles. The lowest BCUT2D eigenvalue weighted by molar-refractivity contribution is -0.134. The maximum Gasteiger partial charge on any atom is 0.233 e. The summed E-state index contributed by atoms with van der Waals surface area (Å²) in [5.74, 6) is 0.712. The highest BCUT2D eigenvalue weighted by Gasteiger charge is 2.29. The van der Waals surface area contributed by atoms with Crippen LogP contribution >= 0.6 is 23.1 Å². The van der Waals surface area contributed by atoms with E-state index in [1.54, 1.807) is 0 Å². The average Bonchev–Trinajstić information content (AvgIpc) is 2.90. The Morgan fingerprint density at radius 3 is 2.46 bits per heavy atom. The van der Waals surface area contributed by atoms with Gasteiger partial charge in [0, 0.05) is 18.0 Å². The van der Waals surface area contributed by atoms with Crippen LogP contribution in [0.5, 0.6) is 0 Å². The van der Waals surface area contributed by atoms with Gasteiger partial charge in [0.2, 0.25) is 16.9 Å². The molecule has 1 aromatic rings. The van der Waals surface area contributed by atoms with Crippen molar-refractivity contribution in [3.05, 3.63) is 0 Å². The molecule has 132 valence electrons. The van der Waals surface area contributed by atoms with Gasteiger partial charge in [0.25, 0.3) is 0 Å². The molecule has 2 amide bonds. The molecule has 2 atom stereocenters. The fourth-order valence-corrected chi connectivity index (χ4v) is 4.93. The van der Waals surface area contributed by atoms with E-state index in [1.807, 2.05) is 4.90 Å². The molecule has 0 radical (unpaired) electrons. The average molecular weight is 369 g/mol. The Morgan fingerprint density at radius 2 is 1.83 bits per heavy atom. The van der Waals surface area contributed by atoms with E-state index in [4.69, 9.17) is 0 Å². The first-order valence-corrected chi connectivity index (χ1v) is 10.4. The predicted molar refractivity (Wildman–Crippen MR) is 96.2 cm³/mol. The number of amides is 2. The number of thioether (sulfide) groups is 1. The monoisotopic (exact) mass is 368 g/mol. The summed E-state index contributed by atoms with van der Waals surface area (Å²) in [4.78, 5) is 26.4. The van der Waals surface area contributed by atoms with Crippen molar-refractivity contribution in [2.45, 2.75) is 68.8 Å². The van der Waals surface area contributed by atoms with Crippen molar-refractivity contribution in [2.75, 3.05) is 11.1 Å². The van der Waals surface area contributed by atoms with Crippen molar-refractivity contribution in [3.8, 4) is 0 Å². The molecule has 2 fully saturated rings. The maximum atomic E-state index is 12.5. The third-order valence-corrected chi connectivity index (χ3v) is 6.87. The molecule has 0 bridgehead atoms. The molecule has 1 saturated heterocycles. The standard InChI is InChI=1S/C16H24N4O2S2/c1-10-5-3-6-11(2)20(10)13(21)9-23-16-19-18-15(24-16)17-14(22)12-7-4-8-12/h10-12H,3-9H2,1-2H3,(H,17,18,22)/t10-,11-/m0/s1. The van der Waals surface area contributed by atoms with Crippen molar-refractivity contribution in [1.82, 2.24) is 15.1 Å². The molecule has 0 spiro atoms. The zero-order chi connectivity index (χ0) is 17.1. The van der Waals surface area contributed by atoms with Gasteiger partial charge < -0.3 is 10.2 Å². The van der Waals surface area contributed by atoms with E-state index in [0.29, 0.717) is 23.0 Å². The van der Waals surface area contributed by atoms with E-state index in [9.17, 15) is 9.59 Å². The molecule has 2 heterocycles. The van der Waals surface area contributed by atoms with E-state index in [2.05, 4.69) is 29.4 Å². The quantitative estimate of drug-likeness (QED) is 0.638. The number of hydrogen-bond acceptors (Lipinski definition) is 6. The zero-order valence-corrected chi connectivity index (χ0v) is 15.8. The summed E-state index contributed by atoms with van der Waals surface area (Å²) in [6.45, 7) is 4.24. The Balaban J connectivity index is 1.49. The second-order valence-corrected chi connectivity index (χ2v) is 8.91. The van der Waals surface area contributed by atoms with Gasteiger partial charge in [-0.15, -0.1) is 10.2 Å². The van der Waals surface area contributed by atoms with Crippen LogP contribution in [0.3, 0.4) is 0 Å². The molecular weight excluding hydrogens is 344 g/mol. The molecular formula is C16H24N4O2S2. The fraction of sp³-hybridized carbons (Fsp3) is 0.750. The second-order valence-electron chi connectivity index (χ2n) is 6.71. The minimum absolute atomic E-state index is 0.0426. The zero-order valence-electron chi connectivity index (χ0n) is 14.2. The number of carbonyl (C=O) groups excluding carboxylic acids is 2. The minimum Gasteiger partial charge on any atom is -0.337 e. The van der Waals surface area contributed by atoms with Gasteiger partial charge in [-0.25, -0.2) is 0 Å². The Kier molecular flexibility index (Phi) is 5.76. The number of piperidine rings is 1. The molecule has 1 saturated carbocycles.